The first kappa shape index (κ1) is 13.0. The molecule has 4 heteroatoms. The van der Waals surface area contributed by atoms with Crippen LogP contribution in [0.25, 0.3) is 0 Å². The monoisotopic (exact) mass is 247 g/mol. The smallest absolute Gasteiger partial charge is 0.140 e. The Kier molecular flexibility index (Phi) is 4.29. The highest BCUT2D eigenvalue weighted by atomic mass is 19.1. The Morgan fingerprint density at radius 3 is 3.00 bits per heavy atom. The van der Waals surface area contributed by atoms with Crippen molar-refractivity contribution in [2.75, 3.05) is 13.1 Å². The van der Waals surface area contributed by atoms with Gasteiger partial charge in [0.25, 0.3) is 0 Å². The Labute approximate surface area is 107 Å². The first-order chi connectivity index (χ1) is 8.74. The van der Waals surface area contributed by atoms with E-state index in [9.17, 15) is 4.39 Å². The number of hydrogen-bond acceptors (Lipinski definition) is 3. The van der Waals surface area contributed by atoms with E-state index in [-0.39, 0.29) is 5.56 Å². The number of benzene rings is 1. The van der Waals surface area contributed by atoms with Gasteiger partial charge in [0.05, 0.1) is 5.56 Å². The van der Waals surface area contributed by atoms with Crippen LogP contribution in [0.3, 0.4) is 0 Å². The summed E-state index contributed by atoms with van der Waals surface area (Å²) in [5.41, 5.74) is 6.87. The molecular weight excluding hydrogens is 229 g/mol. The summed E-state index contributed by atoms with van der Waals surface area (Å²) in [6, 6.07) is 7.05. The predicted octanol–water partition coefficient (Wildman–Crippen LogP) is 2.01. The number of hydrogen-bond donors (Lipinski definition) is 1. The number of rotatable bonds is 3. The second kappa shape index (κ2) is 5.94. The number of nitrogens with zero attached hydrogens (tertiary/aromatic N) is 2. The molecule has 0 saturated carbocycles. The molecule has 1 atom stereocenters. The molecule has 1 aromatic carbocycles. The van der Waals surface area contributed by atoms with Gasteiger partial charge in [0.1, 0.15) is 11.9 Å². The van der Waals surface area contributed by atoms with Gasteiger partial charge in [-0.05, 0) is 37.1 Å². The molecule has 1 aliphatic heterocycles. The minimum Gasteiger partial charge on any atom is -0.329 e. The fourth-order valence-electron chi connectivity index (χ4n) is 2.53. The fourth-order valence-corrected chi connectivity index (χ4v) is 2.53. The molecule has 0 aromatic heterocycles. The summed E-state index contributed by atoms with van der Waals surface area (Å²) in [4.78, 5) is 2.33. The first-order valence-corrected chi connectivity index (χ1v) is 6.37. The van der Waals surface area contributed by atoms with Crippen LogP contribution in [0.5, 0.6) is 0 Å². The molecule has 1 fully saturated rings. The molecule has 1 heterocycles. The van der Waals surface area contributed by atoms with Gasteiger partial charge >= 0.3 is 0 Å². The topological polar surface area (TPSA) is 53.0 Å². The lowest BCUT2D eigenvalue weighted by Gasteiger charge is -2.35. The van der Waals surface area contributed by atoms with Crippen molar-refractivity contribution in [3.8, 4) is 6.07 Å². The molecule has 2 N–H and O–H groups in total. The SMILES string of the molecule is N#Cc1cc(CN2CCCCC2CN)ccc1F. The molecule has 1 saturated heterocycles. The van der Waals surface area contributed by atoms with E-state index in [4.69, 9.17) is 11.0 Å². The molecule has 96 valence electrons. The molecule has 3 nitrogen and oxygen atoms in total. The molecule has 0 bridgehead atoms. The van der Waals surface area contributed by atoms with Crippen molar-refractivity contribution in [2.24, 2.45) is 5.73 Å². The largest absolute Gasteiger partial charge is 0.329 e. The third-order valence-corrected chi connectivity index (χ3v) is 3.56. The van der Waals surface area contributed by atoms with Crippen LogP contribution in [0.1, 0.15) is 30.4 Å². The van der Waals surface area contributed by atoms with Crippen molar-refractivity contribution in [1.82, 2.24) is 4.90 Å². The standard InChI is InChI=1S/C14H18FN3/c15-14-5-4-11(7-12(14)8-16)10-18-6-2-1-3-13(18)9-17/h4-5,7,13H,1-3,6,9-10,17H2. The third kappa shape index (κ3) is 2.87. The predicted molar refractivity (Wildman–Crippen MR) is 68.2 cm³/mol. The second-order valence-electron chi connectivity index (χ2n) is 4.78. The highest BCUT2D eigenvalue weighted by molar-refractivity contribution is 5.34. The summed E-state index contributed by atoms with van der Waals surface area (Å²) in [5.74, 6) is -0.449. The van der Waals surface area contributed by atoms with Gasteiger partial charge in [-0.15, -0.1) is 0 Å². The van der Waals surface area contributed by atoms with E-state index in [0.29, 0.717) is 12.6 Å². The lowest BCUT2D eigenvalue weighted by atomic mass is 10.0. The third-order valence-electron chi connectivity index (χ3n) is 3.56. The zero-order chi connectivity index (χ0) is 13.0. The summed E-state index contributed by atoms with van der Waals surface area (Å²) in [7, 11) is 0. The Bertz CT molecular complexity index is 453. The molecule has 0 spiro atoms. The highest BCUT2D eigenvalue weighted by Crippen LogP contribution is 2.20. The normalized spacial score (nSPS) is 20.6. The van der Waals surface area contributed by atoms with E-state index in [2.05, 4.69) is 4.90 Å². The number of nitriles is 1. The highest BCUT2D eigenvalue weighted by Gasteiger charge is 2.21. The van der Waals surface area contributed by atoms with Crippen molar-refractivity contribution < 1.29 is 4.39 Å². The summed E-state index contributed by atoms with van der Waals surface area (Å²) >= 11 is 0. The van der Waals surface area contributed by atoms with Crippen LogP contribution in [0.2, 0.25) is 0 Å². The summed E-state index contributed by atoms with van der Waals surface area (Å²) in [5, 5.41) is 8.82. The Morgan fingerprint density at radius 1 is 1.44 bits per heavy atom. The molecule has 2 rings (SSSR count). The molecular formula is C14H18FN3. The summed E-state index contributed by atoms with van der Waals surface area (Å²) in [6.07, 6.45) is 3.54. The van der Waals surface area contributed by atoms with E-state index >= 15 is 0 Å². The number of piperidine rings is 1. The van der Waals surface area contributed by atoms with Gasteiger partial charge in [-0.1, -0.05) is 12.5 Å². The van der Waals surface area contributed by atoms with E-state index < -0.39 is 5.82 Å². The zero-order valence-electron chi connectivity index (χ0n) is 10.4. The van der Waals surface area contributed by atoms with Crippen LogP contribution < -0.4 is 5.73 Å². The van der Waals surface area contributed by atoms with Crippen molar-refractivity contribution >= 4 is 0 Å². The van der Waals surface area contributed by atoms with E-state index in [1.807, 2.05) is 6.07 Å². The Morgan fingerprint density at radius 2 is 2.28 bits per heavy atom. The average molecular weight is 247 g/mol. The molecule has 1 aliphatic rings. The first-order valence-electron chi connectivity index (χ1n) is 6.37. The van der Waals surface area contributed by atoms with Gasteiger partial charge in [-0.25, -0.2) is 4.39 Å². The number of halogens is 1. The molecule has 18 heavy (non-hydrogen) atoms. The van der Waals surface area contributed by atoms with Crippen LogP contribution in [0.15, 0.2) is 18.2 Å². The number of likely N-dealkylation sites (tertiary alicyclic amines) is 1. The molecule has 1 aromatic rings. The average Bonchev–Trinajstić information content (AvgIpc) is 2.41. The lowest BCUT2D eigenvalue weighted by molar-refractivity contribution is 0.145. The maximum Gasteiger partial charge on any atom is 0.140 e. The van der Waals surface area contributed by atoms with E-state index in [0.717, 1.165) is 25.1 Å². The van der Waals surface area contributed by atoms with Crippen LogP contribution in [-0.4, -0.2) is 24.0 Å². The van der Waals surface area contributed by atoms with Crippen LogP contribution in [0.4, 0.5) is 4.39 Å². The molecule has 0 aliphatic carbocycles. The Hall–Kier alpha value is -1.44. The minimum atomic E-state index is -0.449. The molecule has 0 amide bonds. The van der Waals surface area contributed by atoms with E-state index in [1.54, 1.807) is 12.1 Å². The lowest BCUT2D eigenvalue weighted by Crippen LogP contribution is -2.43. The fraction of sp³-hybridized carbons (Fsp3) is 0.500. The molecule has 1 unspecified atom stereocenters. The molecule has 0 radical (unpaired) electrons. The maximum absolute atomic E-state index is 13.2. The van der Waals surface area contributed by atoms with Crippen molar-refractivity contribution in [2.45, 2.75) is 31.8 Å². The number of nitrogens with two attached hydrogens (primary N) is 1. The van der Waals surface area contributed by atoms with Crippen LogP contribution in [0, 0.1) is 17.1 Å². The van der Waals surface area contributed by atoms with Gasteiger partial charge in [-0.2, -0.15) is 5.26 Å². The van der Waals surface area contributed by atoms with Crippen molar-refractivity contribution in [1.29, 1.82) is 5.26 Å². The van der Waals surface area contributed by atoms with Crippen LogP contribution in [-0.2, 0) is 6.54 Å². The maximum atomic E-state index is 13.2. The van der Waals surface area contributed by atoms with Crippen LogP contribution >= 0.6 is 0 Å². The minimum absolute atomic E-state index is 0.119. The van der Waals surface area contributed by atoms with Gasteiger partial charge in [-0.3, -0.25) is 4.90 Å². The van der Waals surface area contributed by atoms with Crippen molar-refractivity contribution in [3.05, 3.63) is 35.1 Å². The van der Waals surface area contributed by atoms with E-state index in [1.165, 1.54) is 18.9 Å². The van der Waals surface area contributed by atoms with Gasteiger partial charge < -0.3 is 5.73 Å². The van der Waals surface area contributed by atoms with Gasteiger partial charge in [0.2, 0.25) is 0 Å². The summed E-state index contributed by atoms with van der Waals surface area (Å²) in [6.45, 7) is 2.43. The summed E-state index contributed by atoms with van der Waals surface area (Å²) < 4.78 is 13.2. The van der Waals surface area contributed by atoms with Gasteiger partial charge in [0, 0.05) is 19.1 Å². The quantitative estimate of drug-likeness (QED) is 0.889. The van der Waals surface area contributed by atoms with Gasteiger partial charge in [0.15, 0.2) is 0 Å². The second-order valence-corrected chi connectivity index (χ2v) is 4.78. The Balaban J connectivity index is 2.11. The zero-order valence-corrected chi connectivity index (χ0v) is 10.4. The van der Waals surface area contributed by atoms with Crippen molar-refractivity contribution in [3.63, 3.8) is 0 Å².